The number of hydrogen-bond acceptors (Lipinski definition) is 6. The number of carbonyl (C=O) groups is 3. The van der Waals surface area contributed by atoms with Gasteiger partial charge in [0.25, 0.3) is 0 Å². The first-order chi connectivity index (χ1) is 19.2. The van der Waals surface area contributed by atoms with Crippen molar-refractivity contribution in [1.29, 1.82) is 0 Å². The first kappa shape index (κ1) is 37.9. The van der Waals surface area contributed by atoms with Crippen LogP contribution < -0.4 is 10.6 Å². The normalized spacial score (nSPS) is 12.1. The van der Waals surface area contributed by atoms with Gasteiger partial charge >= 0.3 is 18.2 Å². The molecule has 10 heteroatoms. The lowest BCUT2D eigenvalue weighted by atomic mass is 10.0. The topological polar surface area (TPSA) is 123 Å². The molecule has 0 radical (unpaired) electrons. The number of hydrogen-bond donors (Lipinski definition) is 3. The maximum absolute atomic E-state index is 11.8. The Morgan fingerprint density at radius 2 is 1.18 bits per heavy atom. The van der Waals surface area contributed by atoms with Gasteiger partial charge < -0.3 is 34.4 Å². The Morgan fingerprint density at radius 3 is 1.65 bits per heavy atom. The highest BCUT2D eigenvalue weighted by Gasteiger charge is 2.27. The van der Waals surface area contributed by atoms with Crippen molar-refractivity contribution in [3.05, 3.63) is 0 Å². The molecular formula is C30H60N3O7+. The molecule has 1 unspecified atom stereocenters. The molecule has 10 nitrogen and oxygen atoms in total. The Morgan fingerprint density at radius 1 is 0.675 bits per heavy atom. The summed E-state index contributed by atoms with van der Waals surface area (Å²) in [7, 11) is 5.51. The zero-order valence-corrected chi connectivity index (χ0v) is 26.0. The number of carboxylic acid groups (broad SMARTS) is 1. The molecule has 0 aromatic heterocycles. The summed E-state index contributed by atoms with van der Waals surface area (Å²) < 4.78 is 15.6. The second-order valence-corrected chi connectivity index (χ2v) is 11.7. The Labute approximate surface area is 243 Å². The standard InChI is InChI=1S/C30H59N3O7/c1-5-6-7-8-9-10-11-12-13-14-15-16-17-18-19-20-22-31-29(36)40-26-38-23-21-24-39-30(37)32-27(28(34)35)25-33(2,3)4/h27H,5-26H2,1-4H3,(H2-,31,32,34,35,36,37)/p+1. The second-order valence-electron chi connectivity index (χ2n) is 11.7. The molecule has 0 aromatic rings. The Kier molecular flexibility index (Phi) is 24.5. The molecule has 0 fully saturated rings. The number of carboxylic acids is 1. The van der Waals surface area contributed by atoms with Crippen LogP contribution in [0.1, 0.15) is 116 Å². The van der Waals surface area contributed by atoms with Crippen molar-refractivity contribution >= 4 is 18.2 Å². The molecular weight excluding hydrogens is 514 g/mol. The molecule has 0 aliphatic carbocycles. The van der Waals surface area contributed by atoms with Gasteiger partial charge in [0.05, 0.1) is 34.4 Å². The maximum Gasteiger partial charge on any atom is 0.409 e. The van der Waals surface area contributed by atoms with Crippen LogP contribution in [0.3, 0.4) is 0 Å². The molecule has 40 heavy (non-hydrogen) atoms. The number of quaternary nitrogens is 1. The molecule has 0 saturated carbocycles. The number of amides is 2. The van der Waals surface area contributed by atoms with Crippen LogP contribution in [0.2, 0.25) is 0 Å². The Balaban J connectivity index is 3.44. The van der Waals surface area contributed by atoms with Crippen molar-refractivity contribution < 1.29 is 38.2 Å². The van der Waals surface area contributed by atoms with Gasteiger partial charge in [-0.2, -0.15) is 0 Å². The summed E-state index contributed by atoms with van der Waals surface area (Å²) in [6, 6.07) is -1.03. The number of alkyl carbamates (subject to hydrolysis) is 2. The minimum atomic E-state index is -1.11. The monoisotopic (exact) mass is 574 g/mol. The van der Waals surface area contributed by atoms with E-state index >= 15 is 0 Å². The molecule has 0 aliphatic heterocycles. The number of rotatable bonds is 27. The molecule has 2 amide bonds. The fraction of sp³-hybridized carbons (Fsp3) is 0.900. The van der Waals surface area contributed by atoms with Crippen molar-refractivity contribution in [2.24, 2.45) is 0 Å². The molecule has 236 valence electrons. The number of likely N-dealkylation sites (N-methyl/N-ethyl adjacent to an activating group) is 1. The molecule has 1 atom stereocenters. The molecule has 0 spiro atoms. The molecule has 0 saturated heterocycles. The molecule has 0 heterocycles. The number of nitrogens with zero attached hydrogens (tertiary/aromatic N) is 1. The van der Waals surface area contributed by atoms with E-state index in [-0.39, 0.29) is 26.6 Å². The van der Waals surface area contributed by atoms with Crippen molar-refractivity contribution in [2.45, 2.75) is 122 Å². The summed E-state index contributed by atoms with van der Waals surface area (Å²) in [4.78, 5) is 34.8. The summed E-state index contributed by atoms with van der Waals surface area (Å²) >= 11 is 0. The largest absolute Gasteiger partial charge is 0.480 e. The zero-order valence-electron chi connectivity index (χ0n) is 26.0. The Bertz CT molecular complexity index is 641. The molecule has 0 rings (SSSR count). The molecule has 3 N–H and O–H groups in total. The maximum atomic E-state index is 11.8. The van der Waals surface area contributed by atoms with E-state index in [1.54, 1.807) is 0 Å². The number of carbonyl (C=O) groups excluding carboxylic acids is 2. The van der Waals surface area contributed by atoms with Gasteiger partial charge in [-0.15, -0.1) is 0 Å². The highest BCUT2D eigenvalue weighted by Crippen LogP contribution is 2.13. The summed E-state index contributed by atoms with van der Waals surface area (Å²) in [5, 5.41) is 14.3. The highest BCUT2D eigenvalue weighted by molar-refractivity contribution is 5.79. The van der Waals surface area contributed by atoms with E-state index in [2.05, 4.69) is 17.6 Å². The summed E-state index contributed by atoms with van der Waals surface area (Å²) in [6.45, 7) is 3.20. The summed E-state index contributed by atoms with van der Waals surface area (Å²) in [6.07, 6.45) is 20.1. The minimum absolute atomic E-state index is 0.0635. The third kappa shape index (κ3) is 27.5. The van der Waals surface area contributed by atoms with Gasteiger partial charge in [-0.05, 0) is 6.42 Å². The smallest absolute Gasteiger partial charge is 0.409 e. The van der Waals surface area contributed by atoms with Gasteiger partial charge in [0.1, 0.15) is 6.54 Å². The van der Waals surface area contributed by atoms with Gasteiger partial charge in [0.15, 0.2) is 12.8 Å². The van der Waals surface area contributed by atoms with E-state index < -0.39 is 24.2 Å². The zero-order chi connectivity index (χ0) is 29.9. The lowest BCUT2D eigenvalue weighted by molar-refractivity contribution is -0.870. The molecule has 0 bridgehead atoms. The van der Waals surface area contributed by atoms with Crippen LogP contribution >= 0.6 is 0 Å². The van der Waals surface area contributed by atoms with E-state index in [4.69, 9.17) is 14.2 Å². The van der Waals surface area contributed by atoms with Crippen molar-refractivity contribution in [3.63, 3.8) is 0 Å². The van der Waals surface area contributed by atoms with Crippen molar-refractivity contribution in [3.8, 4) is 0 Å². The molecule has 0 aromatic carbocycles. The van der Waals surface area contributed by atoms with Crippen LogP contribution in [-0.4, -0.2) is 88.0 Å². The SMILES string of the molecule is CCCCCCCCCCCCCCCCCCNC(=O)OCOCCCOC(=O)NC(C[N+](C)(C)C)C(=O)O. The third-order valence-electron chi connectivity index (χ3n) is 6.56. The summed E-state index contributed by atoms with van der Waals surface area (Å²) in [5.41, 5.74) is 0. The first-order valence-electron chi connectivity index (χ1n) is 15.6. The van der Waals surface area contributed by atoms with E-state index in [0.717, 1.165) is 12.8 Å². The van der Waals surface area contributed by atoms with Crippen LogP contribution in [0.5, 0.6) is 0 Å². The van der Waals surface area contributed by atoms with Crippen molar-refractivity contribution in [1.82, 2.24) is 10.6 Å². The lowest BCUT2D eigenvalue weighted by Gasteiger charge is -2.27. The predicted molar refractivity (Wildman–Crippen MR) is 158 cm³/mol. The Hall–Kier alpha value is -2.07. The molecule has 0 aliphatic rings. The van der Waals surface area contributed by atoms with Gasteiger partial charge in [0.2, 0.25) is 0 Å². The second kappa shape index (κ2) is 25.9. The lowest BCUT2D eigenvalue weighted by Crippen LogP contribution is -2.52. The quantitative estimate of drug-likeness (QED) is 0.0604. The first-order valence-corrected chi connectivity index (χ1v) is 15.6. The number of nitrogens with one attached hydrogen (secondary N) is 2. The van der Waals surface area contributed by atoms with Gasteiger partial charge in [-0.25, -0.2) is 14.4 Å². The third-order valence-corrected chi connectivity index (χ3v) is 6.56. The number of aliphatic carboxylic acids is 1. The van der Waals surface area contributed by atoms with Gasteiger partial charge in [0, 0.05) is 13.0 Å². The van der Waals surface area contributed by atoms with E-state index in [9.17, 15) is 19.5 Å². The fourth-order valence-electron chi connectivity index (χ4n) is 4.31. The number of unbranched alkanes of at least 4 members (excludes halogenated alkanes) is 15. The van der Waals surface area contributed by atoms with Gasteiger partial charge in [-0.1, -0.05) is 103 Å². The van der Waals surface area contributed by atoms with E-state index in [1.165, 1.54) is 89.9 Å². The number of ether oxygens (including phenoxy) is 3. The van der Waals surface area contributed by atoms with Crippen LogP contribution in [0.25, 0.3) is 0 Å². The van der Waals surface area contributed by atoms with Gasteiger partial charge in [-0.3, -0.25) is 0 Å². The summed E-state index contributed by atoms with van der Waals surface area (Å²) in [5.74, 6) is -1.11. The average Bonchev–Trinajstić information content (AvgIpc) is 2.88. The van der Waals surface area contributed by atoms with Crippen LogP contribution in [0.4, 0.5) is 9.59 Å². The average molecular weight is 575 g/mol. The van der Waals surface area contributed by atoms with Crippen LogP contribution in [-0.2, 0) is 19.0 Å². The predicted octanol–water partition coefficient (Wildman–Crippen LogP) is 6.22. The van der Waals surface area contributed by atoms with E-state index in [1.807, 2.05) is 21.1 Å². The van der Waals surface area contributed by atoms with Crippen LogP contribution in [0.15, 0.2) is 0 Å². The van der Waals surface area contributed by atoms with Crippen LogP contribution in [0, 0.1) is 0 Å². The minimum Gasteiger partial charge on any atom is -0.480 e. The highest BCUT2D eigenvalue weighted by atomic mass is 16.7. The fourth-order valence-corrected chi connectivity index (χ4v) is 4.31. The van der Waals surface area contributed by atoms with E-state index in [0.29, 0.717) is 17.4 Å². The van der Waals surface area contributed by atoms with Crippen molar-refractivity contribution in [2.75, 3.05) is 54.2 Å².